The first kappa shape index (κ1) is 18.1. The summed E-state index contributed by atoms with van der Waals surface area (Å²) in [5.74, 6) is 0.256. The second kappa shape index (κ2) is 8.14. The van der Waals surface area contributed by atoms with Crippen molar-refractivity contribution in [2.45, 2.75) is 17.0 Å². The third-order valence-electron chi connectivity index (χ3n) is 3.15. The topological polar surface area (TPSA) is 67.8 Å². The van der Waals surface area contributed by atoms with Crippen LogP contribution in [0.4, 0.5) is 5.13 Å². The van der Waals surface area contributed by atoms with Crippen molar-refractivity contribution in [1.82, 2.24) is 15.2 Å². The molecule has 0 spiro atoms. The lowest BCUT2D eigenvalue weighted by Gasteiger charge is -2.04. The molecule has 0 aliphatic rings. The second-order valence-corrected chi connectivity index (χ2v) is 7.99. The molecular formula is C16H12Cl2N4OS2. The van der Waals surface area contributed by atoms with E-state index in [0.29, 0.717) is 31.0 Å². The first-order valence-electron chi connectivity index (χ1n) is 7.17. The van der Waals surface area contributed by atoms with E-state index in [9.17, 15) is 4.79 Å². The summed E-state index contributed by atoms with van der Waals surface area (Å²) in [6.07, 6.45) is 0. The van der Waals surface area contributed by atoms with Gasteiger partial charge in [0.1, 0.15) is 5.69 Å². The molecule has 1 aromatic carbocycles. The van der Waals surface area contributed by atoms with Gasteiger partial charge in [-0.15, -0.1) is 10.2 Å². The number of anilines is 1. The number of rotatable bonds is 5. The molecule has 1 N–H and O–H groups in total. The van der Waals surface area contributed by atoms with E-state index in [1.807, 2.05) is 13.0 Å². The van der Waals surface area contributed by atoms with E-state index in [-0.39, 0.29) is 5.91 Å². The average Bonchev–Trinajstić information content (AvgIpc) is 3.02. The fourth-order valence-electron chi connectivity index (χ4n) is 1.95. The number of benzene rings is 1. The Hall–Kier alpha value is -1.67. The van der Waals surface area contributed by atoms with E-state index in [2.05, 4.69) is 20.5 Å². The van der Waals surface area contributed by atoms with Gasteiger partial charge in [-0.05, 0) is 36.8 Å². The molecule has 3 rings (SSSR count). The molecule has 128 valence electrons. The maximum Gasteiger partial charge on any atom is 0.276 e. The third-order valence-corrected chi connectivity index (χ3v) is 5.86. The number of amides is 1. The lowest BCUT2D eigenvalue weighted by Crippen LogP contribution is -2.13. The monoisotopic (exact) mass is 410 g/mol. The predicted octanol–water partition coefficient (Wildman–Crippen LogP) is 5.09. The average molecular weight is 411 g/mol. The molecule has 0 bridgehead atoms. The molecule has 3 aromatic rings. The van der Waals surface area contributed by atoms with Gasteiger partial charge >= 0.3 is 0 Å². The number of carbonyl (C=O) groups is 1. The number of hydrogen-bond acceptors (Lipinski definition) is 6. The van der Waals surface area contributed by atoms with E-state index in [1.54, 1.807) is 30.3 Å². The SMILES string of the molecule is Cc1cccc(C(=O)Nc2nnc(SCc3c(Cl)cccc3Cl)s2)n1. The van der Waals surface area contributed by atoms with Crippen LogP contribution in [0.2, 0.25) is 10.0 Å². The molecule has 0 atom stereocenters. The number of nitrogens with zero attached hydrogens (tertiary/aromatic N) is 3. The van der Waals surface area contributed by atoms with E-state index in [0.717, 1.165) is 11.3 Å². The quantitative estimate of drug-likeness (QED) is 0.468. The van der Waals surface area contributed by atoms with Crippen LogP contribution < -0.4 is 5.32 Å². The van der Waals surface area contributed by atoms with Crippen LogP contribution in [0.15, 0.2) is 40.7 Å². The van der Waals surface area contributed by atoms with Crippen LogP contribution in [0.25, 0.3) is 0 Å². The molecular weight excluding hydrogens is 399 g/mol. The van der Waals surface area contributed by atoms with Crippen LogP contribution in [0.1, 0.15) is 21.7 Å². The number of carbonyl (C=O) groups excluding carboxylic acids is 1. The van der Waals surface area contributed by atoms with Crippen molar-refractivity contribution in [2.75, 3.05) is 5.32 Å². The summed E-state index contributed by atoms with van der Waals surface area (Å²) in [4.78, 5) is 16.3. The number of halogens is 2. The number of pyridine rings is 1. The molecule has 0 fully saturated rings. The summed E-state index contributed by atoms with van der Waals surface area (Å²) in [7, 11) is 0. The number of nitrogens with one attached hydrogen (secondary N) is 1. The summed E-state index contributed by atoms with van der Waals surface area (Å²) in [5, 5.41) is 12.4. The summed E-state index contributed by atoms with van der Waals surface area (Å²) >= 11 is 15.1. The number of thioether (sulfide) groups is 1. The molecule has 5 nitrogen and oxygen atoms in total. The minimum absolute atomic E-state index is 0.314. The summed E-state index contributed by atoms with van der Waals surface area (Å²) in [6.45, 7) is 1.83. The molecule has 0 aliphatic carbocycles. The number of aryl methyl sites for hydroxylation is 1. The maximum absolute atomic E-state index is 12.2. The number of hydrogen-bond donors (Lipinski definition) is 1. The highest BCUT2D eigenvalue weighted by molar-refractivity contribution is 8.00. The summed E-state index contributed by atoms with van der Waals surface area (Å²) in [6, 6.07) is 10.7. The Balaban J connectivity index is 1.64. The van der Waals surface area contributed by atoms with E-state index in [1.165, 1.54) is 23.1 Å². The second-order valence-electron chi connectivity index (χ2n) is 4.98. The fourth-order valence-corrected chi connectivity index (χ4v) is 4.44. The molecule has 0 unspecified atom stereocenters. The Morgan fingerprint density at radius 3 is 2.60 bits per heavy atom. The Bertz CT molecular complexity index is 896. The van der Waals surface area contributed by atoms with Crippen molar-refractivity contribution >= 4 is 57.3 Å². The van der Waals surface area contributed by atoms with E-state index >= 15 is 0 Å². The summed E-state index contributed by atoms with van der Waals surface area (Å²) < 4.78 is 0.712. The minimum atomic E-state index is -0.314. The highest BCUT2D eigenvalue weighted by Gasteiger charge is 2.13. The third kappa shape index (κ3) is 4.70. The van der Waals surface area contributed by atoms with Gasteiger partial charge in [0.2, 0.25) is 5.13 Å². The lowest BCUT2D eigenvalue weighted by molar-refractivity contribution is 0.102. The minimum Gasteiger partial charge on any atom is -0.295 e. The van der Waals surface area contributed by atoms with Gasteiger partial charge in [0.25, 0.3) is 5.91 Å². The molecule has 25 heavy (non-hydrogen) atoms. The molecule has 0 saturated carbocycles. The van der Waals surface area contributed by atoms with Gasteiger partial charge in [0.05, 0.1) is 0 Å². The van der Waals surface area contributed by atoms with Crippen molar-refractivity contribution in [1.29, 1.82) is 0 Å². The smallest absolute Gasteiger partial charge is 0.276 e. The van der Waals surface area contributed by atoms with Crippen LogP contribution in [0.3, 0.4) is 0 Å². The molecule has 1 amide bonds. The van der Waals surface area contributed by atoms with Crippen LogP contribution in [-0.4, -0.2) is 21.1 Å². The Morgan fingerprint density at radius 2 is 1.88 bits per heavy atom. The van der Waals surface area contributed by atoms with Crippen LogP contribution in [-0.2, 0) is 5.75 Å². The standard InChI is InChI=1S/C16H12Cl2N4OS2/c1-9-4-2-7-13(19-9)14(23)20-15-21-22-16(25-15)24-8-10-11(17)5-3-6-12(10)18/h2-7H,8H2,1H3,(H,20,21,23). The Kier molecular flexibility index (Phi) is 5.90. The zero-order valence-corrected chi connectivity index (χ0v) is 16.1. The molecule has 2 heterocycles. The van der Waals surface area contributed by atoms with Crippen molar-refractivity contribution in [3.8, 4) is 0 Å². The molecule has 0 radical (unpaired) electrons. The Morgan fingerprint density at radius 1 is 1.16 bits per heavy atom. The van der Waals surface area contributed by atoms with Crippen molar-refractivity contribution in [3.05, 3.63) is 63.4 Å². The zero-order chi connectivity index (χ0) is 17.8. The molecule has 0 saturated heterocycles. The van der Waals surface area contributed by atoms with Gasteiger partial charge < -0.3 is 0 Å². The highest BCUT2D eigenvalue weighted by Crippen LogP contribution is 2.33. The maximum atomic E-state index is 12.2. The van der Waals surface area contributed by atoms with Crippen LogP contribution in [0.5, 0.6) is 0 Å². The molecule has 0 aliphatic heterocycles. The first-order chi connectivity index (χ1) is 12.0. The normalized spacial score (nSPS) is 10.7. The highest BCUT2D eigenvalue weighted by atomic mass is 35.5. The first-order valence-corrected chi connectivity index (χ1v) is 9.73. The van der Waals surface area contributed by atoms with Gasteiger partial charge in [-0.1, -0.05) is 58.4 Å². The van der Waals surface area contributed by atoms with Crippen LogP contribution >= 0.6 is 46.3 Å². The van der Waals surface area contributed by atoms with E-state index < -0.39 is 0 Å². The van der Waals surface area contributed by atoms with Crippen molar-refractivity contribution in [3.63, 3.8) is 0 Å². The van der Waals surface area contributed by atoms with Crippen molar-refractivity contribution < 1.29 is 4.79 Å². The summed E-state index contributed by atoms with van der Waals surface area (Å²) in [5.41, 5.74) is 1.96. The Labute approximate surface area is 162 Å². The fraction of sp³-hybridized carbons (Fsp3) is 0.125. The van der Waals surface area contributed by atoms with Gasteiger partial charge in [0, 0.05) is 21.5 Å². The lowest BCUT2D eigenvalue weighted by atomic mass is 10.2. The van der Waals surface area contributed by atoms with E-state index in [4.69, 9.17) is 23.2 Å². The molecule has 9 heteroatoms. The van der Waals surface area contributed by atoms with Crippen molar-refractivity contribution in [2.24, 2.45) is 0 Å². The largest absolute Gasteiger partial charge is 0.295 e. The van der Waals surface area contributed by atoms with Gasteiger partial charge in [-0.2, -0.15) is 0 Å². The van der Waals surface area contributed by atoms with Gasteiger partial charge in [0.15, 0.2) is 4.34 Å². The predicted molar refractivity (Wildman–Crippen MR) is 103 cm³/mol. The number of aromatic nitrogens is 3. The zero-order valence-electron chi connectivity index (χ0n) is 13.0. The van der Waals surface area contributed by atoms with Gasteiger partial charge in [-0.3, -0.25) is 10.1 Å². The molecule has 2 aromatic heterocycles. The van der Waals surface area contributed by atoms with Crippen LogP contribution in [0, 0.1) is 6.92 Å². The van der Waals surface area contributed by atoms with Gasteiger partial charge in [-0.25, -0.2) is 4.98 Å².